The van der Waals surface area contributed by atoms with Gasteiger partial charge in [0.2, 0.25) is 0 Å². The number of furan rings is 1. The molecule has 1 aromatic carbocycles. The minimum absolute atomic E-state index is 0.230. The maximum Gasteiger partial charge on any atom is 0.410 e. The zero-order chi connectivity index (χ0) is 25.4. The van der Waals surface area contributed by atoms with Crippen LogP contribution < -0.4 is 5.73 Å². The molecule has 36 heavy (non-hydrogen) atoms. The molecule has 1 saturated heterocycles. The Hall–Kier alpha value is -2.79. The quantitative estimate of drug-likeness (QED) is 0.305. The number of amides is 1. The number of hydrogen-bond donors (Lipinski definition) is 1. The Bertz CT molecular complexity index is 1400. The molecule has 3 aromatic heterocycles. The fourth-order valence-corrected chi connectivity index (χ4v) is 5.94. The Kier molecular flexibility index (Phi) is 6.86. The fraction of sp³-hybridized carbons (Fsp3) is 0.440. The number of nitrogens with zero attached hydrogens (tertiary/aromatic N) is 5. The predicted octanol–water partition coefficient (Wildman–Crippen LogP) is 6.11. The van der Waals surface area contributed by atoms with Crippen molar-refractivity contribution >= 4 is 61.7 Å². The van der Waals surface area contributed by atoms with Crippen molar-refractivity contribution in [1.82, 2.24) is 24.4 Å². The van der Waals surface area contributed by atoms with Crippen molar-refractivity contribution in [1.29, 1.82) is 0 Å². The molecular weight excluding hydrogens is 544 g/mol. The van der Waals surface area contributed by atoms with E-state index in [0.717, 1.165) is 56.9 Å². The number of rotatable bonds is 5. The minimum Gasteiger partial charge on any atom is -0.464 e. The van der Waals surface area contributed by atoms with E-state index < -0.39 is 5.60 Å². The Labute approximate surface area is 221 Å². The minimum atomic E-state index is -0.482. The topological polar surface area (TPSA) is 112 Å². The van der Waals surface area contributed by atoms with Gasteiger partial charge in [-0.25, -0.2) is 19.7 Å². The third-order valence-electron chi connectivity index (χ3n) is 6.26. The lowest BCUT2D eigenvalue weighted by Gasteiger charge is -2.33. The molecule has 190 valence electrons. The standard InChI is InChI=1S/C25H29BrN6O3S/c1-25(2,3)35-24(33)31-8-4-15(5-9-31)6-10-32-22-20(21(27)28-14-29-22)30-23(32)36-19-13-18-16(7-11-34-18)12-17(19)26/h7,11-15H,4-6,8-10H2,1-3H3,(H2,27,28,29). The van der Waals surface area contributed by atoms with Gasteiger partial charge in [-0.2, -0.15) is 0 Å². The van der Waals surface area contributed by atoms with Crippen LogP contribution in [0.15, 0.2) is 49.7 Å². The number of halogens is 1. The van der Waals surface area contributed by atoms with Crippen molar-refractivity contribution in [2.75, 3.05) is 18.8 Å². The Morgan fingerprint density at radius 1 is 1.28 bits per heavy atom. The lowest BCUT2D eigenvalue weighted by Crippen LogP contribution is -2.41. The number of aromatic nitrogens is 4. The first-order valence-electron chi connectivity index (χ1n) is 12.0. The fourth-order valence-electron chi connectivity index (χ4n) is 4.40. The number of benzene rings is 1. The second-order valence-electron chi connectivity index (χ2n) is 10.0. The van der Waals surface area contributed by atoms with Crippen molar-refractivity contribution in [3.8, 4) is 0 Å². The van der Waals surface area contributed by atoms with E-state index in [0.29, 0.717) is 30.3 Å². The van der Waals surface area contributed by atoms with Crippen molar-refractivity contribution in [3.05, 3.63) is 35.3 Å². The first-order chi connectivity index (χ1) is 17.2. The van der Waals surface area contributed by atoms with E-state index in [4.69, 9.17) is 19.9 Å². The highest BCUT2D eigenvalue weighted by atomic mass is 79.9. The molecule has 5 rings (SSSR count). The second kappa shape index (κ2) is 9.93. The van der Waals surface area contributed by atoms with Crippen LogP contribution in [0.5, 0.6) is 0 Å². The molecule has 4 aromatic rings. The van der Waals surface area contributed by atoms with Crippen LogP contribution in [0.4, 0.5) is 10.6 Å². The summed E-state index contributed by atoms with van der Waals surface area (Å²) < 4.78 is 14.2. The van der Waals surface area contributed by atoms with Gasteiger partial charge in [-0.15, -0.1) is 0 Å². The molecule has 1 fully saturated rings. The molecule has 11 heteroatoms. The van der Waals surface area contributed by atoms with Crippen LogP contribution in [-0.4, -0.2) is 49.2 Å². The number of likely N-dealkylation sites (tertiary alicyclic amines) is 1. The summed E-state index contributed by atoms with van der Waals surface area (Å²) in [6, 6.07) is 5.99. The number of carbonyl (C=O) groups excluding carboxylic acids is 1. The summed E-state index contributed by atoms with van der Waals surface area (Å²) >= 11 is 5.23. The van der Waals surface area contributed by atoms with Gasteiger partial charge in [0.25, 0.3) is 0 Å². The molecule has 4 heterocycles. The number of ether oxygens (including phenoxy) is 1. The van der Waals surface area contributed by atoms with Crippen LogP contribution in [0.3, 0.4) is 0 Å². The van der Waals surface area contributed by atoms with Gasteiger partial charge in [-0.1, -0.05) is 11.8 Å². The lowest BCUT2D eigenvalue weighted by atomic mass is 9.94. The van der Waals surface area contributed by atoms with Crippen LogP contribution in [0.1, 0.15) is 40.0 Å². The SMILES string of the molecule is CC(C)(C)OC(=O)N1CCC(CCn2c(Sc3cc4occc4cc3Br)nc3c(N)ncnc32)CC1. The van der Waals surface area contributed by atoms with Crippen LogP contribution in [0.2, 0.25) is 0 Å². The summed E-state index contributed by atoms with van der Waals surface area (Å²) in [5.41, 5.74) is 7.81. The normalized spacial score (nSPS) is 15.2. The van der Waals surface area contributed by atoms with Gasteiger partial charge in [0.05, 0.1) is 6.26 Å². The molecule has 1 aliphatic heterocycles. The summed E-state index contributed by atoms with van der Waals surface area (Å²) in [6.45, 7) is 7.83. The third kappa shape index (κ3) is 5.31. The summed E-state index contributed by atoms with van der Waals surface area (Å²) in [6.07, 6.45) is 5.76. The number of aryl methyl sites for hydroxylation is 1. The van der Waals surface area contributed by atoms with Gasteiger partial charge >= 0.3 is 6.09 Å². The molecule has 9 nitrogen and oxygen atoms in total. The average Bonchev–Trinajstić information content (AvgIpc) is 3.42. The van der Waals surface area contributed by atoms with E-state index in [-0.39, 0.29) is 6.09 Å². The molecule has 0 bridgehead atoms. The summed E-state index contributed by atoms with van der Waals surface area (Å²) in [4.78, 5) is 28.6. The Morgan fingerprint density at radius 3 is 2.81 bits per heavy atom. The highest BCUT2D eigenvalue weighted by Gasteiger charge is 2.27. The van der Waals surface area contributed by atoms with E-state index in [9.17, 15) is 4.79 Å². The summed E-state index contributed by atoms with van der Waals surface area (Å²) in [5, 5.41) is 1.84. The molecule has 0 atom stereocenters. The molecule has 0 unspecified atom stereocenters. The largest absolute Gasteiger partial charge is 0.464 e. The monoisotopic (exact) mass is 572 g/mol. The molecule has 0 aliphatic carbocycles. The first kappa shape index (κ1) is 24.9. The number of nitrogens with two attached hydrogens (primary N) is 1. The number of imidazole rings is 1. The van der Waals surface area contributed by atoms with Gasteiger partial charge < -0.3 is 24.4 Å². The number of hydrogen-bond acceptors (Lipinski definition) is 8. The molecular formula is C25H29BrN6O3S. The van der Waals surface area contributed by atoms with E-state index in [2.05, 4.69) is 30.5 Å². The van der Waals surface area contributed by atoms with Crippen molar-refractivity contribution in [2.24, 2.45) is 5.92 Å². The highest BCUT2D eigenvalue weighted by Crippen LogP contribution is 2.38. The number of anilines is 1. The van der Waals surface area contributed by atoms with Crippen LogP contribution >= 0.6 is 27.7 Å². The average molecular weight is 574 g/mol. The first-order valence-corrected chi connectivity index (χ1v) is 13.6. The lowest BCUT2D eigenvalue weighted by molar-refractivity contribution is 0.0180. The highest BCUT2D eigenvalue weighted by molar-refractivity contribution is 9.10. The van der Waals surface area contributed by atoms with Gasteiger partial charge in [0, 0.05) is 34.4 Å². The number of piperidine rings is 1. The Balaban J connectivity index is 1.32. The molecule has 1 aliphatic rings. The molecule has 0 spiro atoms. The third-order valence-corrected chi connectivity index (χ3v) is 8.23. The van der Waals surface area contributed by atoms with Gasteiger partial charge in [-0.05, 0) is 80.1 Å². The zero-order valence-electron chi connectivity index (χ0n) is 20.5. The van der Waals surface area contributed by atoms with E-state index in [1.807, 2.05) is 43.9 Å². The molecule has 0 saturated carbocycles. The molecule has 0 radical (unpaired) electrons. The maximum atomic E-state index is 12.4. The van der Waals surface area contributed by atoms with Crippen molar-refractivity contribution in [2.45, 2.75) is 62.2 Å². The van der Waals surface area contributed by atoms with Gasteiger partial charge in [-0.3, -0.25) is 0 Å². The number of carbonyl (C=O) groups is 1. The van der Waals surface area contributed by atoms with E-state index in [1.165, 1.54) is 6.33 Å². The van der Waals surface area contributed by atoms with Crippen LogP contribution in [0, 0.1) is 5.92 Å². The van der Waals surface area contributed by atoms with Crippen LogP contribution in [0.25, 0.3) is 22.1 Å². The predicted molar refractivity (Wildman–Crippen MR) is 143 cm³/mol. The number of nitrogen functional groups attached to an aromatic ring is 1. The number of fused-ring (bicyclic) bond motifs is 2. The van der Waals surface area contributed by atoms with Gasteiger partial charge in [0.15, 0.2) is 22.1 Å². The molecule has 1 amide bonds. The van der Waals surface area contributed by atoms with Crippen LogP contribution in [-0.2, 0) is 11.3 Å². The van der Waals surface area contributed by atoms with E-state index in [1.54, 1.807) is 18.0 Å². The van der Waals surface area contributed by atoms with Crippen molar-refractivity contribution < 1.29 is 13.9 Å². The second-order valence-corrected chi connectivity index (χ2v) is 11.9. The summed E-state index contributed by atoms with van der Waals surface area (Å²) in [7, 11) is 0. The van der Waals surface area contributed by atoms with Gasteiger partial charge in [0.1, 0.15) is 17.5 Å². The summed E-state index contributed by atoms with van der Waals surface area (Å²) in [5.74, 6) is 0.858. The zero-order valence-corrected chi connectivity index (χ0v) is 22.9. The van der Waals surface area contributed by atoms with E-state index >= 15 is 0 Å². The smallest absolute Gasteiger partial charge is 0.410 e. The maximum absolute atomic E-state index is 12.4. The van der Waals surface area contributed by atoms with Crippen molar-refractivity contribution in [3.63, 3.8) is 0 Å². The Morgan fingerprint density at radius 2 is 2.06 bits per heavy atom. The molecule has 2 N–H and O–H groups in total.